The number of anilines is 1. The summed E-state index contributed by atoms with van der Waals surface area (Å²) >= 11 is 0. The summed E-state index contributed by atoms with van der Waals surface area (Å²) in [6.45, 7) is 4.35. The van der Waals surface area contributed by atoms with E-state index >= 15 is 0 Å². The second-order valence-corrected chi connectivity index (χ2v) is 13.5. The molecule has 254 valence electrons. The lowest BCUT2D eigenvalue weighted by Gasteiger charge is -2.40. The number of aliphatic hydroxyl groups excluding tert-OH is 4. The molecule has 3 aromatic carbocycles. The van der Waals surface area contributed by atoms with Gasteiger partial charge in [-0.15, -0.1) is 0 Å². The largest absolute Gasteiger partial charge is 0.490 e. The first-order valence-electron chi connectivity index (χ1n) is 16.5. The monoisotopic (exact) mass is 664 g/mol. The molecular weight excluding hydrogens is 624 g/mol. The second-order valence-electron chi connectivity index (χ2n) is 13.5. The number of aliphatic hydroxyl groups is 4. The van der Waals surface area contributed by atoms with Crippen molar-refractivity contribution in [3.05, 3.63) is 107 Å². The van der Waals surface area contributed by atoms with Crippen LogP contribution in [0.1, 0.15) is 80.1 Å². The maximum absolute atomic E-state index is 11.1. The van der Waals surface area contributed by atoms with E-state index in [1.54, 1.807) is 0 Å². The molecule has 0 spiro atoms. The van der Waals surface area contributed by atoms with Crippen LogP contribution in [0.25, 0.3) is 0 Å². The first-order valence-corrected chi connectivity index (χ1v) is 16.5. The summed E-state index contributed by atoms with van der Waals surface area (Å²) in [7, 11) is 0. The molecule has 0 amide bonds. The van der Waals surface area contributed by atoms with Gasteiger partial charge in [0.2, 0.25) is 5.82 Å². The van der Waals surface area contributed by atoms with Crippen molar-refractivity contribution in [3.8, 4) is 23.3 Å². The fourth-order valence-electron chi connectivity index (χ4n) is 6.96. The van der Waals surface area contributed by atoms with Gasteiger partial charge in [-0.2, -0.15) is 5.26 Å². The minimum absolute atomic E-state index is 0.0818. The van der Waals surface area contributed by atoms with Gasteiger partial charge < -0.3 is 35.2 Å². The smallest absolute Gasteiger partial charge is 0.232 e. The van der Waals surface area contributed by atoms with Gasteiger partial charge in [0.25, 0.3) is 0 Å². The Kier molecular flexibility index (Phi) is 8.97. The molecule has 0 radical (unpaired) electrons. The Morgan fingerprint density at radius 3 is 2.10 bits per heavy atom. The molecule has 0 unspecified atom stereocenters. The van der Waals surface area contributed by atoms with Crippen molar-refractivity contribution in [2.24, 2.45) is 0 Å². The predicted molar refractivity (Wildman–Crippen MR) is 179 cm³/mol. The standard InChI is InChI=1S/C37H40N6O6/c1-37(2,22-5-10-26(11-6-22)49-28-19-39-32(18-38)40-20-28)21-3-8-25(9-4-21)48-27-15-24(16-27)41-23-7-12-29-30(17-23)36(47)43(35(29)46)31-13-14-33(44)42-34(31)45/h3-12,17,19-20,24,27,31,33-36,41-42,44-47H,13-16H2,1-2H3/t24?,27?,31-,33-,34-,35-,36-/m1/s1. The lowest BCUT2D eigenvalue weighted by Crippen LogP contribution is -2.57. The van der Waals surface area contributed by atoms with Gasteiger partial charge in [0.15, 0.2) is 5.75 Å². The number of benzene rings is 3. The van der Waals surface area contributed by atoms with E-state index in [-0.39, 0.29) is 23.4 Å². The maximum atomic E-state index is 11.1. The Bertz CT molecular complexity index is 1810. The van der Waals surface area contributed by atoms with Crippen molar-refractivity contribution in [2.45, 2.75) is 88.0 Å². The summed E-state index contributed by atoms with van der Waals surface area (Å²) in [6.07, 6.45) is 1.56. The summed E-state index contributed by atoms with van der Waals surface area (Å²) in [5.74, 6) is 2.03. The molecule has 2 fully saturated rings. The van der Waals surface area contributed by atoms with Crippen LogP contribution in [0.5, 0.6) is 17.2 Å². The van der Waals surface area contributed by atoms with Crippen LogP contribution in [0.15, 0.2) is 79.1 Å². The molecule has 7 rings (SSSR count). The maximum Gasteiger partial charge on any atom is 0.232 e. The van der Waals surface area contributed by atoms with Crippen LogP contribution >= 0.6 is 0 Å². The van der Waals surface area contributed by atoms with Crippen LogP contribution in [0.4, 0.5) is 5.69 Å². The zero-order valence-corrected chi connectivity index (χ0v) is 27.3. The third-order valence-corrected chi connectivity index (χ3v) is 9.94. The van der Waals surface area contributed by atoms with Gasteiger partial charge in [0.1, 0.15) is 48.6 Å². The minimum atomic E-state index is -1.07. The number of rotatable bonds is 9. The van der Waals surface area contributed by atoms with E-state index in [9.17, 15) is 20.4 Å². The summed E-state index contributed by atoms with van der Waals surface area (Å²) in [5.41, 5.74) is 4.08. The zero-order chi connectivity index (χ0) is 34.3. The van der Waals surface area contributed by atoms with Crippen LogP contribution in [0, 0.1) is 11.3 Å². The average molecular weight is 665 g/mol. The van der Waals surface area contributed by atoms with E-state index in [1.165, 1.54) is 17.3 Å². The van der Waals surface area contributed by atoms with E-state index < -0.39 is 31.0 Å². The highest BCUT2D eigenvalue weighted by Gasteiger charge is 2.45. The van der Waals surface area contributed by atoms with Crippen molar-refractivity contribution >= 4 is 5.69 Å². The molecule has 1 aliphatic carbocycles. The third kappa shape index (κ3) is 6.69. The molecule has 3 aliphatic rings. The highest BCUT2D eigenvalue weighted by Crippen LogP contribution is 2.44. The topological polar surface area (TPSA) is 176 Å². The first-order chi connectivity index (χ1) is 23.6. The number of fused-ring (bicyclic) bond motifs is 1. The Morgan fingerprint density at radius 2 is 1.47 bits per heavy atom. The highest BCUT2D eigenvalue weighted by atomic mass is 16.5. The van der Waals surface area contributed by atoms with Gasteiger partial charge >= 0.3 is 0 Å². The molecule has 0 bridgehead atoms. The van der Waals surface area contributed by atoms with Crippen molar-refractivity contribution in [2.75, 3.05) is 5.32 Å². The van der Waals surface area contributed by atoms with Gasteiger partial charge in [0, 0.05) is 41.1 Å². The normalized spacial score (nSPS) is 26.7. The van der Waals surface area contributed by atoms with Crippen LogP contribution in [-0.2, 0) is 5.41 Å². The molecule has 6 N–H and O–H groups in total. The first kappa shape index (κ1) is 32.9. The summed E-state index contributed by atoms with van der Waals surface area (Å²) in [6, 6.07) is 23.3. The molecule has 1 aromatic heterocycles. The minimum Gasteiger partial charge on any atom is -0.490 e. The average Bonchev–Trinajstić information content (AvgIpc) is 3.33. The number of aromatic nitrogens is 2. The number of hydrogen-bond donors (Lipinski definition) is 6. The van der Waals surface area contributed by atoms with Crippen molar-refractivity contribution < 1.29 is 29.9 Å². The van der Waals surface area contributed by atoms with Crippen LogP contribution in [-0.4, -0.2) is 65.9 Å². The molecule has 4 aromatic rings. The molecule has 2 aliphatic heterocycles. The SMILES string of the molecule is CC(C)(c1ccc(Oc2cnc(C#N)nc2)cc1)c1ccc(OC2CC(Nc3ccc4c(c3)[C@@H](O)N([C@@H]3CC[C@@H](O)N[C@@H]3O)[C@@H]4O)C2)cc1. The Labute approximate surface area is 284 Å². The van der Waals surface area contributed by atoms with Crippen molar-refractivity contribution in [1.29, 1.82) is 5.26 Å². The van der Waals surface area contributed by atoms with Crippen LogP contribution < -0.4 is 20.1 Å². The van der Waals surface area contributed by atoms with Crippen LogP contribution in [0.2, 0.25) is 0 Å². The molecular formula is C37H40N6O6. The van der Waals surface area contributed by atoms with Gasteiger partial charge in [-0.3, -0.25) is 5.32 Å². The van der Waals surface area contributed by atoms with Gasteiger partial charge in [-0.05, 0) is 60.4 Å². The molecule has 12 nitrogen and oxygen atoms in total. The lowest BCUT2D eigenvalue weighted by molar-refractivity contribution is -0.159. The summed E-state index contributed by atoms with van der Waals surface area (Å²) < 4.78 is 12.1. The third-order valence-electron chi connectivity index (χ3n) is 9.94. The summed E-state index contributed by atoms with van der Waals surface area (Å²) in [5, 5.41) is 57.3. The fraction of sp³-hybridized carbons (Fsp3) is 0.378. The van der Waals surface area contributed by atoms with Gasteiger partial charge in [0.05, 0.1) is 18.4 Å². The zero-order valence-electron chi connectivity index (χ0n) is 27.3. The fourth-order valence-corrected chi connectivity index (χ4v) is 6.96. The molecule has 12 heteroatoms. The van der Waals surface area contributed by atoms with Gasteiger partial charge in [-0.1, -0.05) is 44.2 Å². The highest BCUT2D eigenvalue weighted by molar-refractivity contribution is 5.52. The Morgan fingerprint density at radius 1 is 0.837 bits per heavy atom. The van der Waals surface area contributed by atoms with E-state index in [4.69, 9.17) is 14.7 Å². The second kappa shape index (κ2) is 13.4. The van der Waals surface area contributed by atoms with Crippen LogP contribution in [0.3, 0.4) is 0 Å². The van der Waals surface area contributed by atoms with Crippen molar-refractivity contribution in [1.82, 2.24) is 20.2 Å². The van der Waals surface area contributed by atoms with Gasteiger partial charge in [-0.25, -0.2) is 14.9 Å². The number of nitrogens with zero attached hydrogens (tertiary/aromatic N) is 4. The number of piperidine rings is 1. The Hall–Kier alpha value is -4.61. The van der Waals surface area contributed by atoms with E-state index in [1.807, 2.05) is 60.7 Å². The Balaban J connectivity index is 0.909. The molecule has 5 atom stereocenters. The van der Waals surface area contributed by atoms with E-state index in [2.05, 4.69) is 46.6 Å². The predicted octanol–water partition coefficient (Wildman–Crippen LogP) is 4.17. The van der Waals surface area contributed by atoms with E-state index in [0.29, 0.717) is 35.5 Å². The number of hydrogen-bond acceptors (Lipinski definition) is 12. The molecule has 3 heterocycles. The van der Waals surface area contributed by atoms with E-state index in [0.717, 1.165) is 35.4 Å². The van der Waals surface area contributed by atoms with Crippen molar-refractivity contribution in [3.63, 3.8) is 0 Å². The number of nitrogens with one attached hydrogen (secondary N) is 2. The summed E-state index contributed by atoms with van der Waals surface area (Å²) in [4.78, 5) is 9.37. The number of nitriles is 1. The lowest BCUT2D eigenvalue weighted by atomic mass is 9.78. The molecule has 1 saturated heterocycles. The molecule has 49 heavy (non-hydrogen) atoms. The number of ether oxygens (including phenoxy) is 2. The quantitative estimate of drug-likeness (QED) is 0.151. The molecule has 1 saturated carbocycles.